The maximum atomic E-state index is 8.88. The minimum atomic E-state index is -4.64. The minimum absolute atomic E-state index is 0. The van der Waals surface area contributed by atoms with Gasteiger partial charge in [-0.2, -0.15) is 0 Å². The van der Waals surface area contributed by atoms with E-state index in [0.717, 1.165) is 0 Å². The Hall–Kier alpha value is 0.496. The fourth-order valence-electron chi connectivity index (χ4n) is 0. The molecule has 0 amide bonds. The Morgan fingerprint density at radius 3 is 0.818 bits per heavy atom. The second-order valence-corrected chi connectivity index (χ2v) is 1.54. The van der Waals surface area contributed by atoms with E-state index in [2.05, 4.69) is 0 Å². The average Bonchev–Trinajstić information content (AvgIpc) is 0.722. The summed E-state index contributed by atoms with van der Waals surface area (Å²) < 4.78 is 8.88. The Balaban J connectivity index is -0.00000000121. The van der Waals surface area contributed by atoms with Crippen LogP contribution in [0.3, 0.4) is 0 Å². The van der Waals surface area contributed by atoms with Crippen molar-refractivity contribution in [2.24, 2.45) is 0 Å². The smallest absolute Gasteiger partial charge is 1.00 e. The summed E-state index contributed by atoms with van der Waals surface area (Å²) in [5.41, 5.74) is 0. The molecule has 0 spiro atoms. The maximum Gasteiger partial charge on any atom is 2.00 e. The molecule has 0 aromatic carbocycles. The molecule has 0 heterocycles. The van der Waals surface area contributed by atoms with Gasteiger partial charge in [0.25, 0.3) is 0 Å². The topological polar surface area (TPSA) is 172 Å². The Morgan fingerprint density at radius 1 is 0.818 bits per heavy atom. The van der Waals surface area contributed by atoms with Gasteiger partial charge in [0.2, 0.25) is 0 Å². The predicted molar refractivity (Wildman–Crippen MR) is 49.0 cm³/mol. The number of hydrogen-bond donors (Lipinski definition) is 3. The van der Waals surface area contributed by atoms with E-state index < -0.39 is 7.82 Å². The zero-order valence-electron chi connectivity index (χ0n) is 11.8. The van der Waals surface area contributed by atoms with Crippen LogP contribution in [0.25, 0.3) is 0 Å². The van der Waals surface area contributed by atoms with Crippen LogP contribution >= 0.6 is 7.82 Å². The van der Waals surface area contributed by atoms with Gasteiger partial charge in [0.15, 0.2) is 0 Å². The van der Waals surface area contributed by atoms with Gasteiger partial charge in [0.05, 0.1) is 0 Å². The molecule has 0 atom stereocenters. The zero-order chi connectivity index (χ0) is 4.50. The van der Waals surface area contributed by atoms with E-state index in [0.29, 0.717) is 0 Å². The molecule has 0 rings (SSSR count). The average molecular weight is 185 g/mol. The summed E-state index contributed by atoms with van der Waals surface area (Å²) in [6.45, 7) is 0. The van der Waals surface area contributed by atoms with Crippen LogP contribution in [0.4, 0.5) is 0 Å². The van der Waals surface area contributed by atoms with Crippen LogP contribution in [0.15, 0.2) is 0 Å². The third-order valence-electron chi connectivity index (χ3n) is 0. The fourth-order valence-corrected chi connectivity index (χ4v) is 0. The Morgan fingerprint density at radius 2 is 0.818 bits per heavy atom. The standard InChI is InChI=1S/3Be.H3O4P.3H2O.6H/c;;;1-5(2,3)4;;;;;;;;;/h;;;(H3,1,2,3,4);3*1H2;;;;;;/q3*+2;;;;;6*-1. The van der Waals surface area contributed by atoms with Crippen LogP contribution in [0.2, 0.25) is 0 Å². The first kappa shape index (κ1) is 62.6. The zero-order valence-corrected chi connectivity index (χ0v) is 6.71. The molecule has 0 unspecified atom stereocenters. The van der Waals surface area contributed by atoms with Gasteiger partial charge in [-0.15, -0.1) is 0 Å². The number of rotatable bonds is 0. The van der Waals surface area contributed by atoms with Crippen molar-refractivity contribution in [1.82, 2.24) is 0 Å². The number of hydrogen-bond acceptors (Lipinski definition) is 1. The molecular formula is H15Be3O7P. The van der Waals surface area contributed by atoms with Gasteiger partial charge < -0.3 is 39.7 Å². The van der Waals surface area contributed by atoms with Crippen molar-refractivity contribution in [3.05, 3.63) is 0 Å². The summed E-state index contributed by atoms with van der Waals surface area (Å²) in [6.07, 6.45) is 0. The molecule has 0 aliphatic carbocycles. The molecule has 0 bridgehead atoms. The van der Waals surface area contributed by atoms with Crippen molar-refractivity contribution in [3.63, 3.8) is 0 Å². The first-order valence-electron chi connectivity index (χ1n) is 0.783. The molecule has 11 heavy (non-hydrogen) atoms. The molecule has 0 aromatic rings. The Kier molecular flexibility index (Phi) is 128. The van der Waals surface area contributed by atoms with Crippen molar-refractivity contribution < 1.29 is 44.2 Å². The Bertz CT molecular complexity index is 75.7. The molecule has 0 saturated heterocycles. The first-order chi connectivity index (χ1) is 2.00. The second kappa shape index (κ2) is 22.4. The quantitative estimate of drug-likeness (QED) is 0.259. The van der Waals surface area contributed by atoms with Gasteiger partial charge in [-0.05, 0) is 0 Å². The van der Waals surface area contributed by atoms with E-state index in [1.54, 1.807) is 0 Å². The molecule has 0 saturated carbocycles. The molecule has 68 valence electrons. The van der Waals surface area contributed by atoms with Crippen molar-refractivity contribution in [2.45, 2.75) is 0 Å². The van der Waals surface area contributed by atoms with Crippen LogP contribution < -0.4 is 0 Å². The second-order valence-electron chi connectivity index (χ2n) is 0.513. The summed E-state index contributed by atoms with van der Waals surface area (Å²) in [7, 11) is -4.64. The Labute approximate surface area is 83.6 Å². The van der Waals surface area contributed by atoms with Crippen LogP contribution in [0.1, 0.15) is 8.56 Å². The summed E-state index contributed by atoms with van der Waals surface area (Å²) in [6, 6.07) is 0. The third-order valence-corrected chi connectivity index (χ3v) is 0. The van der Waals surface area contributed by atoms with Crippen LogP contribution in [0, 0.1) is 0 Å². The summed E-state index contributed by atoms with van der Waals surface area (Å²) >= 11 is 0. The molecule has 0 aliphatic rings. The van der Waals surface area contributed by atoms with Gasteiger partial charge in [-0.25, -0.2) is 4.57 Å². The van der Waals surface area contributed by atoms with Crippen molar-refractivity contribution in [2.75, 3.05) is 0 Å². The van der Waals surface area contributed by atoms with Gasteiger partial charge in [-0.1, -0.05) is 0 Å². The maximum absolute atomic E-state index is 8.88. The molecule has 7 nitrogen and oxygen atoms in total. The summed E-state index contributed by atoms with van der Waals surface area (Å²) in [5, 5.41) is 0. The van der Waals surface area contributed by atoms with Gasteiger partial charge in [0, 0.05) is 0 Å². The van der Waals surface area contributed by atoms with E-state index in [9.17, 15) is 0 Å². The van der Waals surface area contributed by atoms with Gasteiger partial charge >= 0.3 is 38.2 Å². The SMILES string of the molecule is O.O.O.O=P(O)(O)O.[Be+2].[Be+2].[Be+2].[H-].[H-].[H-].[H-].[H-].[H-]. The summed E-state index contributed by atoms with van der Waals surface area (Å²) in [4.78, 5) is 21.6. The minimum Gasteiger partial charge on any atom is -1.00 e. The monoisotopic (exact) mass is 185 g/mol. The first-order valence-corrected chi connectivity index (χ1v) is 2.35. The molecule has 11 heteroatoms. The summed E-state index contributed by atoms with van der Waals surface area (Å²) in [5.74, 6) is 0. The molecule has 9 N–H and O–H groups in total. The van der Waals surface area contributed by atoms with E-state index >= 15 is 0 Å². The third kappa shape index (κ3) is 3070. The van der Waals surface area contributed by atoms with Crippen molar-refractivity contribution in [3.8, 4) is 0 Å². The number of phosphoric acid groups is 1. The molecule has 0 aromatic heterocycles. The van der Waals surface area contributed by atoms with Gasteiger partial charge in [0.1, 0.15) is 0 Å². The van der Waals surface area contributed by atoms with Crippen LogP contribution in [0.5, 0.6) is 0 Å². The largest absolute Gasteiger partial charge is 2.00 e. The van der Waals surface area contributed by atoms with Crippen molar-refractivity contribution in [1.29, 1.82) is 0 Å². The fraction of sp³-hybridized carbons (Fsp3) is 0. The van der Waals surface area contributed by atoms with Crippen LogP contribution in [-0.4, -0.2) is 61.5 Å². The molecule has 0 aliphatic heterocycles. The van der Waals surface area contributed by atoms with Crippen LogP contribution in [-0.2, 0) is 4.57 Å². The molecule has 0 fully saturated rings. The van der Waals surface area contributed by atoms with E-state index in [1.165, 1.54) is 0 Å². The van der Waals surface area contributed by atoms with E-state index in [4.69, 9.17) is 19.2 Å². The van der Waals surface area contributed by atoms with E-state index in [-0.39, 0.29) is 55.4 Å². The molecular weight excluding hydrogens is 170 g/mol. The predicted octanol–water partition coefficient (Wildman–Crippen LogP) is -3.87. The normalized spacial score (nSPS) is 5.36. The van der Waals surface area contributed by atoms with Crippen molar-refractivity contribution >= 4 is 38.2 Å². The molecule has 0 radical (unpaired) electrons. The van der Waals surface area contributed by atoms with Gasteiger partial charge in [-0.3, -0.25) is 0 Å². The van der Waals surface area contributed by atoms with E-state index in [1.807, 2.05) is 0 Å².